The highest BCUT2D eigenvalue weighted by atomic mass is 32.2. The van der Waals surface area contributed by atoms with Gasteiger partial charge in [-0.2, -0.15) is 13.6 Å². The van der Waals surface area contributed by atoms with E-state index in [1.807, 2.05) is 0 Å². The molecule has 0 aliphatic heterocycles. The van der Waals surface area contributed by atoms with Gasteiger partial charge in [-0.25, -0.2) is 4.79 Å². The van der Waals surface area contributed by atoms with Gasteiger partial charge in [0, 0.05) is 13.1 Å². The summed E-state index contributed by atoms with van der Waals surface area (Å²) in [7, 11) is -2.78. The molecule has 1 amide bonds. The lowest BCUT2D eigenvalue weighted by molar-refractivity contribution is 0.154. The molecule has 0 bridgehead atoms. The number of nitrogens with zero attached hydrogens (tertiary/aromatic N) is 1. The average Bonchev–Trinajstić information content (AvgIpc) is 1.82. The molecule has 0 unspecified atom stereocenters. The molecule has 0 radical (unpaired) electrons. The largest absolute Gasteiger partial charge is 0.426 e. The van der Waals surface area contributed by atoms with Crippen molar-refractivity contribution in [2.75, 3.05) is 7.05 Å². The Balaban J connectivity index is 4.25. The second-order valence-electron chi connectivity index (χ2n) is 2.55. The number of hydrogen-bond acceptors (Lipinski definition) is 4. The van der Waals surface area contributed by atoms with Crippen LogP contribution in [0.25, 0.3) is 0 Å². The highest BCUT2D eigenvalue weighted by molar-refractivity contribution is 7.84. The molecule has 0 fully saturated rings. The van der Waals surface area contributed by atoms with Gasteiger partial charge in [-0.3, -0.25) is 0 Å². The summed E-state index contributed by atoms with van der Waals surface area (Å²) in [6, 6.07) is -0.140. The van der Waals surface area contributed by atoms with Gasteiger partial charge in [0.1, 0.15) is 0 Å². The molecule has 0 heterocycles. The number of rotatable bonds is 2. The first-order valence-corrected chi connectivity index (χ1v) is 4.70. The molecule has 0 aromatic heterocycles. The summed E-state index contributed by atoms with van der Waals surface area (Å²) in [5.74, 6) is 0. The van der Waals surface area contributed by atoms with E-state index >= 15 is 0 Å². The van der Waals surface area contributed by atoms with Gasteiger partial charge in [-0.05, 0) is 13.8 Å². The van der Waals surface area contributed by atoms with Gasteiger partial charge in [-0.15, -0.1) is 0 Å². The van der Waals surface area contributed by atoms with Crippen LogP contribution in [0.5, 0.6) is 0 Å². The Morgan fingerprint density at radius 2 is 1.92 bits per heavy atom. The average molecular weight is 196 g/mol. The number of hydrogen-bond donors (Lipinski definition) is 1. The normalized spacial score (nSPS) is 11.4. The smallest absolute Gasteiger partial charge is 0.316 e. The standard InChI is InChI=1S/C5H12N2O4S/c1-4(2)7(3)5(8)11-12(6,9)10/h4H,1-3H3,(H2,6,9,10). The first kappa shape index (κ1) is 11.2. The molecule has 0 aliphatic carbocycles. The number of amides is 1. The zero-order valence-corrected chi connectivity index (χ0v) is 7.96. The summed E-state index contributed by atoms with van der Waals surface area (Å²) in [4.78, 5) is 12.0. The lowest BCUT2D eigenvalue weighted by Crippen LogP contribution is -2.36. The van der Waals surface area contributed by atoms with Crippen molar-refractivity contribution in [2.45, 2.75) is 19.9 Å². The molecule has 0 saturated heterocycles. The van der Waals surface area contributed by atoms with Crippen LogP contribution in [-0.4, -0.2) is 32.5 Å². The maximum atomic E-state index is 10.8. The molecule has 72 valence electrons. The van der Waals surface area contributed by atoms with Crippen LogP contribution in [0.3, 0.4) is 0 Å². The Morgan fingerprint density at radius 3 is 2.17 bits per heavy atom. The molecule has 0 spiro atoms. The van der Waals surface area contributed by atoms with Crippen LogP contribution in [0.4, 0.5) is 4.79 Å². The van der Waals surface area contributed by atoms with Crippen molar-refractivity contribution in [2.24, 2.45) is 5.14 Å². The quantitative estimate of drug-likeness (QED) is 0.654. The van der Waals surface area contributed by atoms with Crippen molar-refractivity contribution >= 4 is 16.4 Å². The highest BCUT2D eigenvalue weighted by Crippen LogP contribution is 1.98. The van der Waals surface area contributed by atoms with Crippen LogP contribution in [0.15, 0.2) is 0 Å². The second kappa shape index (κ2) is 3.72. The zero-order chi connectivity index (χ0) is 9.94. The minimum Gasteiger partial charge on any atom is -0.316 e. The second-order valence-corrected chi connectivity index (χ2v) is 3.70. The summed E-state index contributed by atoms with van der Waals surface area (Å²) in [6.07, 6.45) is -0.979. The van der Waals surface area contributed by atoms with Crippen molar-refractivity contribution < 1.29 is 17.4 Å². The van der Waals surface area contributed by atoms with Crippen LogP contribution in [0.1, 0.15) is 13.8 Å². The fraction of sp³-hybridized carbons (Fsp3) is 0.800. The monoisotopic (exact) mass is 196 g/mol. The van der Waals surface area contributed by atoms with E-state index in [1.54, 1.807) is 13.8 Å². The predicted octanol–water partition coefficient (Wildman–Crippen LogP) is -0.333. The lowest BCUT2D eigenvalue weighted by atomic mass is 10.4. The molecule has 12 heavy (non-hydrogen) atoms. The Kier molecular flexibility index (Phi) is 3.47. The highest BCUT2D eigenvalue weighted by Gasteiger charge is 2.18. The number of carbonyl (C=O) groups excluding carboxylic acids is 1. The third-order valence-electron chi connectivity index (χ3n) is 1.25. The molecule has 0 aliphatic rings. The van der Waals surface area contributed by atoms with Crippen molar-refractivity contribution in [3.05, 3.63) is 0 Å². The molecular weight excluding hydrogens is 184 g/mol. The van der Waals surface area contributed by atoms with E-state index in [0.29, 0.717) is 0 Å². The summed E-state index contributed by atoms with van der Waals surface area (Å²) < 4.78 is 24.5. The maximum absolute atomic E-state index is 10.8. The molecule has 2 N–H and O–H groups in total. The molecule has 0 aromatic carbocycles. The van der Waals surface area contributed by atoms with Gasteiger partial charge < -0.3 is 9.08 Å². The van der Waals surface area contributed by atoms with E-state index in [1.165, 1.54) is 7.05 Å². The molecule has 6 nitrogen and oxygen atoms in total. The lowest BCUT2D eigenvalue weighted by Gasteiger charge is -2.19. The number of nitrogens with two attached hydrogens (primary N) is 1. The predicted molar refractivity (Wildman–Crippen MR) is 42.5 cm³/mol. The van der Waals surface area contributed by atoms with Crippen LogP contribution in [0, 0.1) is 0 Å². The summed E-state index contributed by atoms with van der Waals surface area (Å²) in [5, 5.41) is 4.48. The van der Waals surface area contributed by atoms with Crippen molar-refractivity contribution in [1.29, 1.82) is 0 Å². The van der Waals surface area contributed by atoms with E-state index in [-0.39, 0.29) is 6.04 Å². The van der Waals surface area contributed by atoms with Gasteiger partial charge in [0.05, 0.1) is 0 Å². The third kappa shape index (κ3) is 4.14. The molecular formula is C5H12N2O4S. The van der Waals surface area contributed by atoms with E-state index in [0.717, 1.165) is 4.90 Å². The first-order chi connectivity index (χ1) is 5.24. The van der Waals surface area contributed by atoms with E-state index < -0.39 is 16.4 Å². The SMILES string of the molecule is CC(C)N(C)C(=O)OS(N)(=O)=O. The van der Waals surface area contributed by atoms with Gasteiger partial charge in [0.25, 0.3) is 0 Å². The van der Waals surface area contributed by atoms with E-state index in [4.69, 9.17) is 0 Å². The zero-order valence-electron chi connectivity index (χ0n) is 7.14. The van der Waals surface area contributed by atoms with Crippen LogP contribution < -0.4 is 5.14 Å². The Morgan fingerprint density at radius 1 is 1.50 bits per heavy atom. The Bertz CT molecular complexity index is 259. The minimum atomic E-state index is -4.19. The minimum absolute atomic E-state index is 0.140. The van der Waals surface area contributed by atoms with Crippen LogP contribution in [0.2, 0.25) is 0 Å². The fourth-order valence-electron chi connectivity index (χ4n) is 0.369. The summed E-state index contributed by atoms with van der Waals surface area (Å²) in [5.41, 5.74) is 0. The van der Waals surface area contributed by atoms with Crippen molar-refractivity contribution in [3.63, 3.8) is 0 Å². The third-order valence-corrected chi connectivity index (χ3v) is 1.62. The van der Waals surface area contributed by atoms with Gasteiger partial charge in [-0.1, -0.05) is 0 Å². The summed E-state index contributed by atoms with van der Waals surface area (Å²) in [6.45, 7) is 3.43. The molecule has 0 aromatic rings. The van der Waals surface area contributed by atoms with E-state index in [9.17, 15) is 13.2 Å². The molecule has 0 rings (SSSR count). The number of carbonyl (C=O) groups is 1. The fourth-order valence-corrected chi connectivity index (χ4v) is 0.685. The van der Waals surface area contributed by atoms with Gasteiger partial charge in [0.15, 0.2) is 0 Å². The first-order valence-electron chi connectivity index (χ1n) is 3.23. The molecule has 7 heteroatoms. The Labute approximate surface area is 71.5 Å². The van der Waals surface area contributed by atoms with Crippen LogP contribution >= 0.6 is 0 Å². The summed E-state index contributed by atoms with van der Waals surface area (Å²) >= 11 is 0. The molecule has 0 saturated carbocycles. The topological polar surface area (TPSA) is 89.7 Å². The molecule has 0 atom stereocenters. The Hall–Kier alpha value is -0.820. The van der Waals surface area contributed by atoms with Crippen LogP contribution in [-0.2, 0) is 14.5 Å². The van der Waals surface area contributed by atoms with Crippen molar-refractivity contribution in [1.82, 2.24) is 4.90 Å². The van der Waals surface area contributed by atoms with Gasteiger partial charge >= 0.3 is 16.4 Å². The van der Waals surface area contributed by atoms with Gasteiger partial charge in [0.2, 0.25) is 0 Å². The maximum Gasteiger partial charge on any atom is 0.426 e. The van der Waals surface area contributed by atoms with E-state index in [2.05, 4.69) is 9.32 Å². The van der Waals surface area contributed by atoms with Crippen molar-refractivity contribution in [3.8, 4) is 0 Å².